The maximum absolute atomic E-state index is 12.0. The van der Waals surface area contributed by atoms with E-state index < -0.39 is 0 Å². The minimum atomic E-state index is -0.238. The van der Waals surface area contributed by atoms with Crippen molar-refractivity contribution in [2.45, 2.75) is 117 Å². The number of carbonyl (C=O) groups is 2. The van der Waals surface area contributed by atoms with E-state index in [9.17, 15) is 9.59 Å². The van der Waals surface area contributed by atoms with Gasteiger partial charge in [0.05, 0.1) is 0 Å². The van der Waals surface area contributed by atoms with E-state index in [1.807, 2.05) is 6.08 Å². The van der Waals surface area contributed by atoms with E-state index in [2.05, 4.69) is 26.8 Å². The molecule has 0 saturated heterocycles. The van der Waals surface area contributed by atoms with Gasteiger partial charge in [0, 0.05) is 12.8 Å². The van der Waals surface area contributed by atoms with Crippen molar-refractivity contribution in [2.24, 2.45) is 11.8 Å². The third-order valence-corrected chi connectivity index (χ3v) is 6.09. The van der Waals surface area contributed by atoms with E-state index in [0.29, 0.717) is 31.3 Å². The van der Waals surface area contributed by atoms with Crippen molar-refractivity contribution in [3.05, 3.63) is 12.2 Å². The molecule has 1 saturated carbocycles. The van der Waals surface area contributed by atoms with Gasteiger partial charge in [0.15, 0.2) is 0 Å². The molecule has 0 aliphatic heterocycles. The normalized spacial score (nSPS) is 22.0. The lowest BCUT2D eigenvalue weighted by Crippen LogP contribution is -2.28. The van der Waals surface area contributed by atoms with Crippen LogP contribution in [0.4, 0.5) is 0 Å². The van der Waals surface area contributed by atoms with E-state index in [0.717, 1.165) is 25.7 Å². The van der Waals surface area contributed by atoms with Gasteiger partial charge < -0.3 is 9.47 Å². The largest absolute Gasteiger partial charge is 0.462 e. The van der Waals surface area contributed by atoms with Crippen LogP contribution < -0.4 is 0 Å². The van der Waals surface area contributed by atoms with Crippen molar-refractivity contribution < 1.29 is 19.1 Å². The summed E-state index contributed by atoms with van der Waals surface area (Å²) in [6, 6.07) is 0. The Morgan fingerprint density at radius 1 is 0.828 bits per heavy atom. The number of ether oxygens (including phenoxy) is 2. The number of allylic oxidation sites excluding steroid dienone is 1. The van der Waals surface area contributed by atoms with Crippen LogP contribution in [0.2, 0.25) is 0 Å². The zero-order valence-electron chi connectivity index (χ0n) is 19.1. The van der Waals surface area contributed by atoms with Gasteiger partial charge in [-0.2, -0.15) is 0 Å². The van der Waals surface area contributed by atoms with Gasteiger partial charge in [0.2, 0.25) is 0 Å². The number of hydrogen-bond donors (Lipinski definition) is 0. The smallest absolute Gasteiger partial charge is 0.306 e. The van der Waals surface area contributed by atoms with Crippen LogP contribution in [0.15, 0.2) is 12.2 Å². The summed E-state index contributed by atoms with van der Waals surface area (Å²) in [6.07, 6.45) is 18.4. The molecule has 0 heterocycles. The molecule has 0 aromatic rings. The Morgan fingerprint density at radius 2 is 1.52 bits per heavy atom. The van der Waals surface area contributed by atoms with Crippen LogP contribution in [0.25, 0.3) is 0 Å². The van der Waals surface area contributed by atoms with E-state index in [1.165, 1.54) is 44.9 Å². The second kappa shape index (κ2) is 16.5. The fourth-order valence-corrected chi connectivity index (χ4v) is 3.85. The molecule has 29 heavy (non-hydrogen) atoms. The SMILES string of the molecule is CCCCCCCCC/C=C/COC(=O)CCCC(=O)OC1CCC(C)C(C)C1. The van der Waals surface area contributed by atoms with E-state index in [-0.39, 0.29) is 24.5 Å². The minimum absolute atomic E-state index is 0.0575. The van der Waals surface area contributed by atoms with Crippen LogP contribution in [0, 0.1) is 11.8 Å². The minimum Gasteiger partial charge on any atom is -0.462 e. The van der Waals surface area contributed by atoms with Gasteiger partial charge in [-0.15, -0.1) is 0 Å². The van der Waals surface area contributed by atoms with Crippen molar-refractivity contribution >= 4 is 11.9 Å². The molecule has 3 unspecified atom stereocenters. The number of esters is 2. The van der Waals surface area contributed by atoms with Crippen LogP contribution in [0.5, 0.6) is 0 Å². The number of hydrogen-bond acceptors (Lipinski definition) is 4. The summed E-state index contributed by atoms with van der Waals surface area (Å²) in [5, 5.41) is 0. The molecule has 0 aromatic carbocycles. The van der Waals surface area contributed by atoms with Crippen LogP contribution in [-0.4, -0.2) is 24.6 Å². The summed E-state index contributed by atoms with van der Waals surface area (Å²) < 4.78 is 10.8. The van der Waals surface area contributed by atoms with Crippen molar-refractivity contribution in [3.8, 4) is 0 Å². The lowest BCUT2D eigenvalue weighted by molar-refractivity contribution is -0.152. The highest BCUT2D eigenvalue weighted by atomic mass is 16.5. The van der Waals surface area contributed by atoms with Gasteiger partial charge in [-0.3, -0.25) is 9.59 Å². The second-order valence-electron chi connectivity index (χ2n) is 8.80. The average Bonchev–Trinajstić information content (AvgIpc) is 2.69. The summed E-state index contributed by atoms with van der Waals surface area (Å²) >= 11 is 0. The Bertz CT molecular complexity index is 471. The molecule has 0 N–H and O–H groups in total. The predicted molar refractivity (Wildman–Crippen MR) is 119 cm³/mol. The maximum Gasteiger partial charge on any atom is 0.306 e. The molecule has 1 fully saturated rings. The van der Waals surface area contributed by atoms with Crippen molar-refractivity contribution in [1.82, 2.24) is 0 Å². The van der Waals surface area contributed by atoms with Gasteiger partial charge in [0.25, 0.3) is 0 Å². The molecule has 4 nitrogen and oxygen atoms in total. The molecule has 1 aliphatic rings. The molecule has 0 aromatic heterocycles. The van der Waals surface area contributed by atoms with E-state index in [4.69, 9.17) is 9.47 Å². The molecule has 1 aliphatic carbocycles. The highest BCUT2D eigenvalue weighted by molar-refractivity contribution is 5.72. The molecular weight excluding hydrogens is 364 g/mol. The highest BCUT2D eigenvalue weighted by Gasteiger charge is 2.26. The fraction of sp³-hybridized carbons (Fsp3) is 0.840. The van der Waals surface area contributed by atoms with Crippen molar-refractivity contribution in [3.63, 3.8) is 0 Å². The lowest BCUT2D eigenvalue weighted by Gasteiger charge is -2.31. The molecule has 0 spiro atoms. The van der Waals surface area contributed by atoms with Crippen LogP contribution in [0.1, 0.15) is 111 Å². The number of rotatable bonds is 15. The van der Waals surface area contributed by atoms with Gasteiger partial charge in [-0.25, -0.2) is 0 Å². The van der Waals surface area contributed by atoms with Crippen LogP contribution in [0.3, 0.4) is 0 Å². The molecule has 0 bridgehead atoms. The predicted octanol–water partition coefficient (Wildman–Crippen LogP) is 6.76. The fourth-order valence-electron chi connectivity index (χ4n) is 3.85. The molecule has 168 valence electrons. The first-order valence-corrected chi connectivity index (χ1v) is 12.0. The first-order valence-electron chi connectivity index (χ1n) is 12.0. The van der Waals surface area contributed by atoms with E-state index in [1.54, 1.807) is 0 Å². The average molecular weight is 409 g/mol. The Morgan fingerprint density at radius 3 is 2.24 bits per heavy atom. The number of unbranched alkanes of at least 4 members (excludes halogenated alkanes) is 7. The summed E-state index contributed by atoms with van der Waals surface area (Å²) in [5.74, 6) is 0.900. The molecule has 1 rings (SSSR count). The monoisotopic (exact) mass is 408 g/mol. The molecule has 0 amide bonds. The van der Waals surface area contributed by atoms with Crippen LogP contribution >= 0.6 is 0 Å². The zero-order valence-corrected chi connectivity index (χ0v) is 19.1. The summed E-state index contributed by atoms with van der Waals surface area (Å²) in [4.78, 5) is 23.7. The van der Waals surface area contributed by atoms with Gasteiger partial charge in [0.1, 0.15) is 12.7 Å². The highest BCUT2D eigenvalue weighted by Crippen LogP contribution is 2.31. The first-order chi connectivity index (χ1) is 14.0. The van der Waals surface area contributed by atoms with Gasteiger partial charge >= 0.3 is 11.9 Å². The quantitative estimate of drug-likeness (QED) is 0.170. The summed E-state index contributed by atoms with van der Waals surface area (Å²) in [5.41, 5.74) is 0. The Labute approximate surface area is 178 Å². The topological polar surface area (TPSA) is 52.6 Å². The number of carbonyl (C=O) groups excluding carboxylic acids is 2. The first kappa shape index (κ1) is 25.7. The van der Waals surface area contributed by atoms with Gasteiger partial charge in [-0.05, 0) is 50.4 Å². The maximum atomic E-state index is 12.0. The van der Waals surface area contributed by atoms with Gasteiger partial charge in [-0.1, -0.05) is 71.4 Å². The molecular formula is C25H44O4. The molecule has 0 radical (unpaired) electrons. The lowest BCUT2D eigenvalue weighted by atomic mass is 9.80. The second-order valence-corrected chi connectivity index (χ2v) is 8.80. The Kier molecular flexibility index (Phi) is 14.6. The Balaban J connectivity index is 1.95. The third kappa shape index (κ3) is 13.5. The third-order valence-electron chi connectivity index (χ3n) is 6.09. The standard InChI is InChI=1S/C25H44O4/c1-4-5-6-7-8-9-10-11-12-13-19-28-24(26)15-14-16-25(27)29-23-18-17-21(2)22(3)20-23/h12-13,21-23H,4-11,14-20H2,1-3H3/b13-12+. The summed E-state index contributed by atoms with van der Waals surface area (Å²) in [6.45, 7) is 7.06. The zero-order chi connectivity index (χ0) is 21.3. The Hall–Kier alpha value is -1.32. The van der Waals surface area contributed by atoms with Crippen molar-refractivity contribution in [2.75, 3.05) is 6.61 Å². The summed E-state index contributed by atoms with van der Waals surface area (Å²) in [7, 11) is 0. The molecule has 4 heteroatoms. The molecule has 3 atom stereocenters. The van der Waals surface area contributed by atoms with Crippen molar-refractivity contribution in [1.29, 1.82) is 0 Å². The van der Waals surface area contributed by atoms with Crippen LogP contribution in [-0.2, 0) is 19.1 Å². The van der Waals surface area contributed by atoms with E-state index >= 15 is 0 Å².